The fourth-order valence-corrected chi connectivity index (χ4v) is 4.07. The second-order valence-electron chi connectivity index (χ2n) is 7.23. The molecule has 0 unspecified atom stereocenters. The Labute approximate surface area is 185 Å². The maximum absolute atomic E-state index is 13.5. The van der Waals surface area contributed by atoms with Crippen LogP contribution in [-0.2, 0) is 6.54 Å². The van der Waals surface area contributed by atoms with Gasteiger partial charge < -0.3 is 9.47 Å². The number of hydrogen-bond acceptors (Lipinski definition) is 6. The Morgan fingerprint density at radius 2 is 1.84 bits per heavy atom. The molecule has 158 valence electrons. The van der Waals surface area contributed by atoms with Crippen LogP contribution in [-0.4, -0.2) is 29.1 Å². The summed E-state index contributed by atoms with van der Waals surface area (Å²) < 4.78 is 12.0. The number of aromatic nitrogens is 2. The summed E-state index contributed by atoms with van der Waals surface area (Å²) in [7, 11) is 1.62. The SMILES string of the molecule is COc1ccc2sc(N(Cc3ccccn3)C(=O)c3ccc(OC(C)C)cc3)nc2c1. The maximum Gasteiger partial charge on any atom is 0.260 e. The van der Waals surface area contributed by atoms with Crippen LogP contribution < -0.4 is 14.4 Å². The van der Waals surface area contributed by atoms with E-state index in [1.54, 1.807) is 30.3 Å². The van der Waals surface area contributed by atoms with E-state index < -0.39 is 0 Å². The molecule has 1 amide bonds. The molecule has 0 fully saturated rings. The van der Waals surface area contributed by atoms with Gasteiger partial charge in [0.15, 0.2) is 5.13 Å². The number of benzene rings is 2. The number of nitrogens with zero attached hydrogens (tertiary/aromatic N) is 3. The number of ether oxygens (including phenoxy) is 2. The van der Waals surface area contributed by atoms with E-state index in [4.69, 9.17) is 14.5 Å². The van der Waals surface area contributed by atoms with Crippen molar-refractivity contribution < 1.29 is 14.3 Å². The Kier molecular flexibility index (Phi) is 6.13. The molecule has 6 nitrogen and oxygen atoms in total. The van der Waals surface area contributed by atoms with Gasteiger partial charge in [-0.2, -0.15) is 0 Å². The number of hydrogen-bond donors (Lipinski definition) is 0. The first-order chi connectivity index (χ1) is 15.0. The Hall–Kier alpha value is -3.45. The summed E-state index contributed by atoms with van der Waals surface area (Å²) in [5.41, 5.74) is 2.13. The lowest BCUT2D eigenvalue weighted by Gasteiger charge is -2.20. The molecule has 0 radical (unpaired) electrons. The molecule has 4 rings (SSSR count). The van der Waals surface area contributed by atoms with Gasteiger partial charge in [-0.15, -0.1) is 0 Å². The third-order valence-corrected chi connectivity index (χ3v) is 5.64. The molecule has 4 aromatic rings. The van der Waals surface area contributed by atoms with Crippen molar-refractivity contribution in [3.63, 3.8) is 0 Å². The van der Waals surface area contributed by atoms with Crippen molar-refractivity contribution in [3.8, 4) is 11.5 Å². The lowest BCUT2D eigenvalue weighted by Crippen LogP contribution is -2.30. The van der Waals surface area contributed by atoms with E-state index in [1.807, 2.05) is 62.4 Å². The highest BCUT2D eigenvalue weighted by molar-refractivity contribution is 7.22. The highest BCUT2D eigenvalue weighted by atomic mass is 32.1. The molecule has 0 spiro atoms. The number of amides is 1. The number of thiazole rings is 1. The highest BCUT2D eigenvalue weighted by Gasteiger charge is 2.22. The zero-order valence-corrected chi connectivity index (χ0v) is 18.4. The van der Waals surface area contributed by atoms with Gasteiger partial charge in [0.2, 0.25) is 0 Å². The van der Waals surface area contributed by atoms with Gasteiger partial charge in [0.25, 0.3) is 5.91 Å². The Morgan fingerprint density at radius 1 is 1.06 bits per heavy atom. The fourth-order valence-electron chi connectivity index (χ4n) is 3.12. The first-order valence-corrected chi connectivity index (χ1v) is 10.8. The van der Waals surface area contributed by atoms with Crippen LogP contribution in [0.1, 0.15) is 29.9 Å². The molecule has 0 aliphatic carbocycles. The van der Waals surface area contributed by atoms with Crippen molar-refractivity contribution in [2.75, 3.05) is 12.0 Å². The normalized spacial score (nSPS) is 11.0. The molecule has 0 aliphatic heterocycles. The molecule has 31 heavy (non-hydrogen) atoms. The number of fused-ring (bicyclic) bond motifs is 1. The first-order valence-electron chi connectivity index (χ1n) is 9.96. The molecule has 0 bridgehead atoms. The largest absolute Gasteiger partial charge is 0.497 e. The van der Waals surface area contributed by atoms with Crippen LogP contribution in [0.15, 0.2) is 66.9 Å². The Bertz CT molecular complexity index is 1170. The quantitative estimate of drug-likeness (QED) is 0.394. The molecule has 2 aromatic carbocycles. The average Bonchev–Trinajstić information content (AvgIpc) is 3.20. The van der Waals surface area contributed by atoms with Crippen LogP contribution in [0.5, 0.6) is 11.5 Å². The summed E-state index contributed by atoms with van der Waals surface area (Å²) >= 11 is 1.46. The molecular formula is C24H23N3O3S. The zero-order valence-electron chi connectivity index (χ0n) is 17.6. The molecule has 0 aliphatic rings. The molecule has 0 N–H and O–H groups in total. The predicted octanol–water partition coefficient (Wildman–Crippen LogP) is 5.33. The summed E-state index contributed by atoms with van der Waals surface area (Å²) in [4.78, 5) is 24.3. The summed E-state index contributed by atoms with van der Waals surface area (Å²) in [6.45, 7) is 4.26. The number of carbonyl (C=O) groups is 1. The first kappa shape index (κ1) is 20.8. The number of rotatable bonds is 7. The van der Waals surface area contributed by atoms with Crippen molar-refractivity contribution in [1.29, 1.82) is 0 Å². The zero-order chi connectivity index (χ0) is 21.8. The van der Waals surface area contributed by atoms with Crippen molar-refractivity contribution in [2.24, 2.45) is 0 Å². The molecule has 2 heterocycles. The molecular weight excluding hydrogens is 410 g/mol. The van der Waals surface area contributed by atoms with Crippen LogP contribution in [0.2, 0.25) is 0 Å². The van der Waals surface area contributed by atoms with Crippen LogP contribution in [0.3, 0.4) is 0 Å². The van der Waals surface area contributed by atoms with E-state index in [9.17, 15) is 4.79 Å². The molecule has 0 saturated carbocycles. The average molecular weight is 434 g/mol. The van der Waals surface area contributed by atoms with Crippen LogP contribution >= 0.6 is 11.3 Å². The van der Waals surface area contributed by atoms with Crippen LogP contribution in [0.4, 0.5) is 5.13 Å². The van der Waals surface area contributed by atoms with Crippen molar-refractivity contribution in [3.05, 3.63) is 78.1 Å². The summed E-state index contributed by atoms with van der Waals surface area (Å²) in [5.74, 6) is 1.32. The van der Waals surface area contributed by atoms with Crippen molar-refractivity contribution in [2.45, 2.75) is 26.5 Å². The molecule has 0 saturated heterocycles. The van der Waals surface area contributed by atoms with E-state index in [2.05, 4.69) is 4.98 Å². The van der Waals surface area contributed by atoms with Crippen molar-refractivity contribution in [1.82, 2.24) is 9.97 Å². The van der Waals surface area contributed by atoms with Gasteiger partial charge in [0.05, 0.1) is 35.7 Å². The lowest BCUT2D eigenvalue weighted by atomic mass is 10.2. The van der Waals surface area contributed by atoms with Gasteiger partial charge in [-0.05, 0) is 62.4 Å². The number of methoxy groups -OCH3 is 1. The summed E-state index contributed by atoms with van der Waals surface area (Å²) in [5, 5.41) is 0.612. The van der Waals surface area contributed by atoms with Gasteiger partial charge in [-0.3, -0.25) is 14.7 Å². The second-order valence-corrected chi connectivity index (χ2v) is 8.24. The smallest absolute Gasteiger partial charge is 0.260 e. The predicted molar refractivity (Wildman–Crippen MR) is 123 cm³/mol. The minimum absolute atomic E-state index is 0.0712. The fraction of sp³-hybridized carbons (Fsp3) is 0.208. The van der Waals surface area contributed by atoms with E-state index in [0.29, 0.717) is 17.2 Å². The second kappa shape index (κ2) is 9.14. The number of anilines is 1. The van der Waals surface area contributed by atoms with E-state index >= 15 is 0 Å². The van der Waals surface area contributed by atoms with E-state index in [-0.39, 0.29) is 12.0 Å². The highest BCUT2D eigenvalue weighted by Crippen LogP contribution is 2.32. The third-order valence-electron chi connectivity index (χ3n) is 4.58. The van der Waals surface area contributed by atoms with Gasteiger partial charge >= 0.3 is 0 Å². The van der Waals surface area contributed by atoms with Gasteiger partial charge in [0.1, 0.15) is 11.5 Å². The summed E-state index contributed by atoms with van der Waals surface area (Å²) in [6, 6.07) is 18.6. The van der Waals surface area contributed by atoms with Crippen LogP contribution in [0, 0.1) is 0 Å². The minimum Gasteiger partial charge on any atom is -0.497 e. The molecule has 0 atom stereocenters. The van der Waals surface area contributed by atoms with Crippen LogP contribution in [0.25, 0.3) is 10.2 Å². The summed E-state index contributed by atoms with van der Waals surface area (Å²) in [6.07, 6.45) is 1.79. The van der Waals surface area contributed by atoms with Gasteiger partial charge in [0, 0.05) is 17.8 Å². The topological polar surface area (TPSA) is 64.5 Å². The third kappa shape index (κ3) is 4.83. The number of pyridine rings is 1. The lowest BCUT2D eigenvalue weighted by molar-refractivity contribution is 0.0985. The monoisotopic (exact) mass is 433 g/mol. The number of carbonyl (C=O) groups excluding carboxylic acids is 1. The Balaban J connectivity index is 1.69. The van der Waals surface area contributed by atoms with Gasteiger partial charge in [-0.25, -0.2) is 4.98 Å². The molecule has 2 aromatic heterocycles. The maximum atomic E-state index is 13.5. The Morgan fingerprint density at radius 3 is 2.52 bits per heavy atom. The van der Waals surface area contributed by atoms with E-state index in [1.165, 1.54) is 11.3 Å². The molecule has 7 heteroatoms. The minimum atomic E-state index is -0.146. The van der Waals surface area contributed by atoms with E-state index in [0.717, 1.165) is 27.4 Å². The van der Waals surface area contributed by atoms with Crippen molar-refractivity contribution >= 4 is 32.6 Å². The van der Waals surface area contributed by atoms with Gasteiger partial charge in [-0.1, -0.05) is 17.4 Å². The standard InChI is InChI=1S/C24H23N3O3S/c1-16(2)30-19-9-7-17(8-10-19)23(28)27(15-18-6-4-5-13-25-18)24-26-21-14-20(29-3)11-12-22(21)31-24/h4-14,16H,15H2,1-3H3.